The number of methoxy groups -OCH3 is 1. The maximum absolute atomic E-state index is 11.9. The molecule has 0 aromatic carbocycles. The van der Waals surface area contributed by atoms with Crippen LogP contribution < -0.4 is 9.47 Å². The quantitative estimate of drug-likeness (QED) is 0.862. The number of aliphatic hydroxyl groups excluding tert-OH is 1. The average molecular weight is 237 g/mol. The molecule has 4 nitrogen and oxygen atoms in total. The maximum atomic E-state index is 11.9. The smallest absolute Gasteiger partial charge is 0.422 e. The fraction of sp³-hybridized carbons (Fsp3) is 0.444. The first-order valence-corrected chi connectivity index (χ1v) is 4.30. The van der Waals surface area contributed by atoms with Crippen LogP contribution in [0.3, 0.4) is 0 Å². The van der Waals surface area contributed by atoms with Crippen molar-refractivity contribution >= 4 is 0 Å². The molecule has 0 aliphatic heterocycles. The zero-order valence-electron chi connectivity index (χ0n) is 8.41. The summed E-state index contributed by atoms with van der Waals surface area (Å²) in [5.41, 5.74) is 0.127. The number of rotatable bonds is 4. The Hall–Kier alpha value is -1.50. The Kier molecular flexibility index (Phi) is 3.94. The number of pyridine rings is 1. The fourth-order valence-electron chi connectivity index (χ4n) is 1.08. The van der Waals surface area contributed by atoms with E-state index in [9.17, 15) is 13.2 Å². The van der Waals surface area contributed by atoms with Crippen LogP contribution in [0, 0.1) is 0 Å². The second-order valence-electron chi connectivity index (χ2n) is 2.85. The van der Waals surface area contributed by atoms with Gasteiger partial charge in [0, 0.05) is 12.3 Å². The molecule has 0 amide bonds. The summed E-state index contributed by atoms with van der Waals surface area (Å²) in [5.74, 6) is -0.0897. The maximum Gasteiger partial charge on any atom is 0.422 e. The predicted molar refractivity (Wildman–Crippen MR) is 48.3 cm³/mol. The molecule has 1 aromatic rings. The van der Waals surface area contributed by atoms with Crippen LogP contribution >= 0.6 is 0 Å². The molecule has 0 unspecified atom stereocenters. The topological polar surface area (TPSA) is 51.6 Å². The van der Waals surface area contributed by atoms with Gasteiger partial charge in [-0.25, -0.2) is 0 Å². The van der Waals surface area contributed by atoms with Crippen molar-refractivity contribution in [2.45, 2.75) is 12.8 Å². The number of aliphatic hydroxyl groups is 1. The van der Waals surface area contributed by atoms with Gasteiger partial charge in [-0.05, 0) is 0 Å². The molecule has 7 heteroatoms. The van der Waals surface area contributed by atoms with E-state index in [1.807, 2.05) is 0 Å². The van der Waals surface area contributed by atoms with Crippen molar-refractivity contribution in [2.75, 3.05) is 13.7 Å². The first-order valence-electron chi connectivity index (χ1n) is 4.30. The van der Waals surface area contributed by atoms with E-state index in [-0.39, 0.29) is 17.2 Å². The van der Waals surface area contributed by atoms with Crippen molar-refractivity contribution in [1.29, 1.82) is 0 Å². The van der Waals surface area contributed by atoms with Gasteiger partial charge in [-0.15, -0.1) is 0 Å². The lowest BCUT2D eigenvalue weighted by Gasteiger charge is -2.13. The summed E-state index contributed by atoms with van der Waals surface area (Å²) >= 11 is 0. The third kappa shape index (κ3) is 3.27. The van der Waals surface area contributed by atoms with Gasteiger partial charge in [-0.1, -0.05) is 0 Å². The van der Waals surface area contributed by atoms with Gasteiger partial charge in [0.05, 0.1) is 13.7 Å². The molecule has 0 aliphatic rings. The van der Waals surface area contributed by atoms with Crippen LogP contribution in [0.1, 0.15) is 5.69 Å². The summed E-state index contributed by atoms with van der Waals surface area (Å²) in [6.45, 7) is -1.86. The normalized spacial score (nSPS) is 11.3. The van der Waals surface area contributed by atoms with Crippen LogP contribution in [0.5, 0.6) is 11.5 Å². The molecule has 90 valence electrons. The minimum absolute atomic E-state index is 0.00856. The zero-order valence-corrected chi connectivity index (χ0v) is 8.41. The van der Waals surface area contributed by atoms with E-state index in [0.29, 0.717) is 0 Å². The molecular formula is C9H10F3NO3. The van der Waals surface area contributed by atoms with E-state index >= 15 is 0 Å². The predicted octanol–water partition coefficient (Wildman–Crippen LogP) is 1.52. The summed E-state index contributed by atoms with van der Waals surface area (Å²) in [4.78, 5) is 3.74. The summed E-state index contributed by atoms with van der Waals surface area (Å²) in [6.07, 6.45) is -3.19. The van der Waals surface area contributed by atoms with Crippen LogP contribution in [-0.2, 0) is 6.61 Å². The summed E-state index contributed by atoms with van der Waals surface area (Å²) in [7, 11) is 1.26. The van der Waals surface area contributed by atoms with E-state index in [4.69, 9.17) is 9.84 Å². The van der Waals surface area contributed by atoms with Crippen molar-refractivity contribution in [2.24, 2.45) is 0 Å². The lowest BCUT2D eigenvalue weighted by molar-refractivity contribution is -0.153. The van der Waals surface area contributed by atoms with Crippen molar-refractivity contribution < 1.29 is 27.8 Å². The number of halogens is 3. The van der Waals surface area contributed by atoms with Gasteiger partial charge in [0.15, 0.2) is 18.1 Å². The third-order valence-corrected chi connectivity index (χ3v) is 1.69. The van der Waals surface area contributed by atoms with E-state index in [1.54, 1.807) is 0 Å². The molecule has 0 aliphatic carbocycles. The molecule has 0 fully saturated rings. The highest BCUT2D eigenvalue weighted by atomic mass is 19.4. The average Bonchev–Trinajstić information content (AvgIpc) is 2.24. The van der Waals surface area contributed by atoms with Gasteiger partial charge in [0.2, 0.25) is 0 Å². The van der Waals surface area contributed by atoms with E-state index in [0.717, 1.165) is 0 Å². The second-order valence-corrected chi connectivity index (χ2v) is 2.85. The molecule has 0 bridgehead atoms. The monoisotopic (exact) mass is 237 g/mol. The van der Waals surface area contributed by atoms with Crippen molar-refractivity contribution in [3.05, 3.63) is 18.0 Å². The van der Waals surface area contributed by atoms with E-state index in [2.05, 4.69) is 9.72 Å². The highest BCUT2D eigenvalue weighted by Crippen LogP contribution is 2.30. The summed E-state index contributed by atoms with van der Waals surface area (Å²) < 4.78 is 45.1. The highest BCUT2D eigenvalue weighted by molar-refractivity contribution is 5.42. The molecule has 1 heterocycles. The lowest BCUT2D eigenvalue weighted by atomic mass is 10.3. The molecule has 0 saturated heterocycles. The Morgan fingerprint density at radius 2 is 2.12 bits per heavy atom. The van der Waals surface area contributed by atoms with Crippen LogP contribution in [0.25, 0.3) is 0 Å². The number of aromatic nitrogens is 1. The van der Waals surface area contributed by atoms with Crippen molar-refractivity contribution in [3.8, 4) is 11.5 Å². The SMILES string of the molecule is COc1c(OCC(F)(F)F)ccnc1CO. The molecule has 0 atom stereocenters. The van der Waals surface area contributed by atoms with Crippen LogP contribution in [0.2, 0.25) is 0 Å². The Morgan fingerprint density at radius 3 is 2.62 bits per heavy atom. The first-order chi connectivity index (χ1) is 7.48. The number of ether oxygens (including phenoxy) is 2. The van der Waals surface area contributed by atoms with Crippen molar-refractivity contribution in [1.82, 2.24) is 4.98 Å². The van der Waals surface area contributed by atoms with Gasteiger partial charge in [0.25, 0.3) is 0 Å². The Labute approximate surface area is 89.6 Å². The molecule has 0 saturated carbocycles. The van der Waals surface area contributed by atoms with Gasteiger partial charge in [-0.3, -0.25) is 4.98 Å². The number of alkyl halides is 3. The number of hydrogen-bond donors (Lipinski definition) is 1. The molecule has 1 rings (SSSR count). The van der Waals surface area contributed by atoms with Crippen LogP contribution in [-0.4, -0.2) is 30.0 Å². The van der Waals surface area contributed by atoms with Gasteiger partial charge >= 0.3 is 6.18 Å². The molecule has 1 N–H and O–H groups in total. The van der Waals surface area contributed by atoms with Crippen molar-refractivity contribution in [3.63, 3.8) is 0 Å². The minimum atomic E-state index is -4.42. The van der Waals surface area contributed by atoms with Gasteiger partial charge in [0.1, 0.15) is 5.69 Å². The second kappa shape index (κ2) is 5.02. The number of hydrogen-bond acceptors (Lipinski definition) is 4. The zero-order chi connectivity index (χ0) is 12.2. The Morgan fingerprint density at radius 1 is 1.44 bits per heavy atom. The molecule has 0 radical (unpaired) electrons. The molecule has 16 heavy (non-hydrogen) atoms. The number of nitrogens with zero attached hydrogens (tertiary/aromatic N) is 1. The lowest BCUT2D eigenvalue weighted by Crippen LogP contribution is -2.19. The fourth-order valence-corrected chi connectivity index (χ4v) is 1.08. The summed E-state index contributed by atoms with van der Waals surface area (Å²) in [5, 5.41) is 8.88. The molecule has 1 aromatic heterocycles. The molecular weight excluding hydrogens is 227 g/mol. The Balaban J connectivity index is 2.87. The van der Waals surface area contributed by atoms with Crippen LogP contribution in [0.4, 0.5) is 13.2 Å². The largest absolute Gasteiger partial charge is 0.491 e. The third-order valence-electron chi connectivity index (χ3n) is 1.69. The first kappa shape index (κ1) is 12.6. The van der Waals surface area contributed by atoms with E-state index < -0.39 is 19.4 Å². The van der Waals surface area contributed by atoms with Gasteiger partial charge < -0.3 is 14.6 Å². The van der Waals surface area contributed by atoms with E-state index in [1.165, 1.54) is 19.4 Å². The molecule has 0 spiro atoms. The highest BCUT2D eigenvalue weighted by Gasteiger charge is 2.29. The minimum Gasteiger partial charge on any atom is -0.491 e. The Bertz CT molecular complexity index is 354. The van der Waals surface area contributed by atoms with Gasteiger partial charge in [-0.2, -0.15) is 13.2 Å². The van der Waals surface area contributed by atoms with Crippen LogP contribution in [0.15, 0.2) is 12.3 Å². The standard InChI is InChI=1S/C9H10F3NO3/c1-15-8-6(4-14)13-3-2-7(8)16-5-9(10,11)12/h2-3,14H,4-5H2,1H3. The summed E-state index contributed by atoms with van der Waals surface area (Å²) in [6, 6.07) is 1.24.